The summed E-state index contributed by atoms with van der Waals surface area (Å²) in [5.74, 6) is 0.657. The largest absolute Gasteiger partial charge is 0.495 e. The van der Waals surface area contributed by atoms with Crippen molar-refractivity contribution in [2.45, 2.75) is 6.04 Å². The van der Waals surface area contributed by atoms with Gasteiger partial charge in [-0.05, 0) is 40.1 Å². The topological polar surface area (TPSA) is 35.2 Å². The van der Waals surface area contributed by atoms with Gasteiger partial charge in [-0.2, -0.15) is 11.3 Å². The maximum Gasteiger partial charge on any atom is 0.137 e. The van der Waals surface area contributed by atoms with Crippen molar-refractivity contribution in [3.8, 4) is 5.75 Å². The number of hydrogen-bond acceptors (Lipinski definition) is 3. The molecule has 1 aromatic carbocycles. The molecule has 16 heavy (non-hydrogen) atoms. The normalized spacial score (nSPS) is 12.4. The Morgan fingerprint density at radius 1 is 1.31 bits per heavy atom. The van der Waals surface area contributed by atoms with Gasteiger partial charge in [0.1, 0.15) is 5.75 Å². The summed E-state index contributed by atoms with van der Waals surface area (Å²) in [6, 6.07) is 7.51. The second-order valence-corrected chi connectivity index (χ2v) is 4.62. The van der Waals surface area contributed by atoms with Crippen LogP contribution >= 0.6 is 22.9 Å². The zero-order valence-electron chi connectivity index (χ0n) is 8.81. The number of benzene rings is 1. The molecule has 2 N–H and O–H groups in total. The van der Waals surface area contributed by atoms with Crippen molar-refractivity contribution >= 4 is 22.9 Å². The van der Waals surface area contributed by atoms with Gasteiger partial charge in [-0.15, -0.1) is 0 Å². The highest BCUT2D eigenvalue weighted by Crippen LogP contribution is 2.29. The Balaban J connectivity index is 2.34. The van der Waals surface area contributed by atoms with Gasteiger partial charge in [0, 0.05) is 0 Å². The van der Waals surface area contributed by atoms with Crippen LogP contribution in [0.2, 0.25) is 5.02 Å². The van der Waals surface area contributed by atoms with E-state index in [0.29, 0.717) is 10.8 Å². The van der Waals surface area contributed by atoms with E-state index in [0.717, 1.165) is 11.1 Å². The van der Waals surface area contributed by atoms with E-state index >= 15 is 0 Å². The predicted octanol–water partition coefficient (Wildman–Crippen LogP) is 3.46. The lowest BCUT2D eigenvalue weighted by atomic mass is 10.0. The quantitative estimate of drug-likeness (QED) is 0.909. The Morgan fingerprint density at radius 3 is 2.75 bits per heavy atom. The van der Waals surface area contributed by atoms with Gasteiger partial charge in [0.2, 0.25) is 0 Å². The van der Waals surface area contributed by atoms with Crippen molar-refractivity contribution in [3.63, 3.8) is 0 Å². The van der Waals surface area contributed by atoms with E-state index in [4.69, 9.17) is 22.1 Å². The summed E-state index contributed by atoms with van der Waals surface area (Å²) in [6.45, 7) is 0. The summed E-state index contributed by atoms with van der Waals surface area (Å²) < 4.78 is 5.17. The molecule has 2 rings (SSSR count). The second-order valence-electron chi connectivity index (χ2n) is 3.43. The van der Waals surface area contributed by atoms with Gasteiger partial charge >= 0.3 is 0 Å². The van der Waals surface area contributed by atoms with Crippen LogP contribution in [0.1, 0.15) is 17.2 Å². The lowest BCUT2D eigenvalue weighted by Gasteiger charge is -2.12. The fourth-order valence-electron chi connectivity index (χ4n) is 1.51. The summed E-state index contributed by atoms with van der Waals surface area (Å²) in [5.41, 5.74) is 8.25. The fraction of sp³-hybridized carbons (Fsp3) is 0.167. The lowest BCUT2D eigenvalue weighted by molar-refractivity contribution is 0.414. The van der Waals surface area contributed by atoms with Gasteiger partial charge in [0.15, 0.2) is 0 Å². The third kappa shape index (κ3) is 2.21. The van der Waals surface area contributed by atoms with Crippen LogP contribution in [0.5, 0.6) is 5.75 Å². The van der Waals surface area contributed by atoms with Crippen molar-refractivity contribution in [1.29, 1.82) is 0 Å². The minimum atomic E-state index is -0.127. The van der Waals surface area contributed by atoms with Crippen LogP contribution < -0.4 is 10.5 Å². The molecule has 0 radical (unpaired) electrons. The molecule has 84 valence electrons. The molecule has 0 amide bonds. The standard InChI is InChI=1S/C12H12ClNOS/c1-15-11-6-8(2-3-10(11)13)12(14)9-4-5-16-7-9/h2-7,12H,14H2,1H3. The van der Waals surface area contributed by atoms with Crippen molar-refractivity contribution < 1.29 is 4.74 Å². The van der Waals surface area contributed by atoms with E-state index in [-0.39, 0.29) is 6.04 Å². The molecule has 0 aliphatic carbocycles. The van der Waals surface area contributed by atoms with Gasteiger partial charge < -0.3 is 10.5 Å². The Morgan fingerprint density at radius 2 is 2.12 bits per heavy atom. The number of nitrogens with two attached hydrogens (primary N) is 1. The van der Waals surface area contributed by atoms with Crippen molar-refractivity contribution in [1.82, 2.24) is 0 Å². The number of halogens is 1. The zero-order chi connectivity index (χ0) is 11.5. The van der Waals surface area contributed by atoms with Gasteiger partial charge in [-0.3, -0.25) is 0 Å². The molecule has 2 aromatic rings. The van der Waals surface area contributed by atoms with Crippen LogP contribution in [0, 0.1) is 0 Å². The Labute approximate surface area is 104 Å². The summed E-state index contributed by atoms with van der Waals surface area (Å²) >= 11 is 7.60. The minimum absolute atomic E-state index is 0.127. The summed E-state index contributed by atoms with van der Waals surface area (Å²) in [5, 5.41) is 4.66. The molecule has 0 bridgehead atoms. The van der Waals surface area contributed by atoms with E-state index in [9.17, 15) is 0 Å². The fourth-order valence-corrected chi connectivity index (χ4v) is 2.41. The second kappa shape index (κ2) is 4.87. The maximum atomic E-state index is 6.14. The van der Waals surface area contributed by atoms with Gasteiger partial charge in [-0.1, -0.05) is 17.7 Å². The average molecular weight is 254 g/mol. The van der Waals surface area contributed by atoms with Crippen molar-refractivity contribution in [2.75, 3.05) is 7.11 Å². The molecular weight excluding hydrogens is 242 g/mol. The van der Waals surface area contributed by atoms with Gasteiger partial charge in [-0.25, -0.2) is 0 Å². The molecular formula is C12H12ClNOS. The number of methoxy groups -OCH3 is 1. The van der Waals surface area contributed by atoms with Crippen LogP contribution in [-0.4, -0.2) is 7.11 Å². The van der Waals surface area contributed by atoms with Gasteiger partial charge in [0.05, 0.1) is 18.2 Å². The molecule has 0 saturated carbocycles. The first-order valence-corrected chi connectivity index (χ1v) is 6.15. The highest BCUT2D eigenvalue weighted by atomic mass is 35.5. The van der Waals surface area contributed by atoms with E-state index in [2.05, 4.69) is 0 Å². The Hall–Kier alpha value is -1.03. The van der Waals surface area contributed by atoms with E-state index in [1.54, 1.807) is 18.4 Å². The van der Waals surface area contributed by atoms with E-state index < -0.39 is 0 Å². The van der Waals surface area contributed by atoms with E-state index in [1.807, 2.05) is 35.0 Å². The number of hydrogen-bond donors (Lipinski definition) is 1. The Bertz CT molecular complexity index is 470. The van der Waals surface area contributed by atoms with Gasteiger partial charge in [0.25, 0.3) is 0 Å². The molecule has 0 fully saturated rings. The van der Waals surface area contributed by atoms with Crippen LogP contribution in [0.4, 0.5) is 0 Å². The third-order valence-corrected chi connectivity index (χ3v) is 3.45. The highest BCUT2D eigenvalue weighted by molar-refractivity contribution is 7.08. The molecule has 0 aliphatic rings. The molecule has 0 aliphatic heterocycles. The molecule has 1 aromatic heterocycles. The molecule has 1 atom stereocenters. The summed E-state index contributed by atoms with van der Waals surface area (Å²) in [6.07, 6.45) is 0. The van der Waals surface area contributed by atoms with E-state index in [1.165, 1.54) is 0 Å². The smallest absolute Gasteiger partial charge is 0.137 e. The summed E-state index contributed by atoms with van der Waals surface area (Å²) in [7, 11) is 1.60. The monoisotopic (exact) mass is 253 g/mol. The lowest BCUT2D eigenvalue weighted by Crippen LogP contribution is -2.10. The third-order valence-electron chi connectivity index (χ3n) is 2.44. The van der Waals surface area contributed by atoms with Crippen LogP contribution in [0.15, 0.2) is 35.0 Å². The summed E-state index contributed by atoms with van der Waals surface area (Å²) in [4.78, 5) is 0. The molecule has 0 spiro atoms. The predicted molar refractivity (Wildman–Crippen MR) is 68.4 cm³/mol. The maximum absolute atomic E-state index is 6.14. The minimum Gasteiger partial charge on any atom is -0.495 e. The van der Waals surface area contributed by atoms with Crippen molar-refractivity contribution in [2.24, 2.45) is 5.73 Å². The number of rotatable bonds is 3. The average Bonchev–Trinajstić information content (AvgIpc) is 2.82. The molecule has 1 heterocycles. The molecule has 2 nitrogen and oxygen atoms in total. The van der Waals surface area contributed by atoms with Crippen LogP contribution in [-0.2, 0) is 0 Å². The Kier molecular flexibility index (Phi) is 3.49. The van der Waals surface area contributed by atoms with Crippen LogP contribution in [0.25, 0.3) is 0 Å². The number of ether oxygens (including phenoxy) is 1. The SMILES string of the molecule is COc1cc(C(N)c2ccsc2)ccc1Cl. The zero-order valence-corrected chi connectivity index (χ0v) is 10.4. The first-order chi connectivity index (χ1) is 7.72. The first kappa shape index (κ1) is 11.5. The van der Waals surface area contributed by atoms with Crippen molar-refractivity contribution in [3.05, 3.63) is 51.2 Å². The first-order valence-electron chi connectivity index (χ1n) is 4.83. The molecule has 0 saturated heterocycles. The highest BCUT2D eigenvalue weighted by Gasteiger charge is 2.11. The number of thiophene rings is 1. The molecule has 4 heteroatoms. The molecule has 1 unspecified atom stereocenters. The van der Waals surface area contributed by atoms with Crippen LogP contribution in [0.3, 0.4) is 0 Å².